The second-order valence-corrected chi connectivity index (χ2v) is 15.9. The molecule has 0 fully saturated rings. The predicted octanol–water partition coefficient (Wildman–Crippen LogP) is 5.11. The molecule has 0 aromatic heterocycles. The molecule has 0 N–H and O–H groups in total. The Kier molecular flexibility index (Phi) is 25.7. The van der Waals surface area contributed by atoms with E-state index in [4.69, 9.17) is 0 Å². The minimum atomic E-state index is -3.72. The van der Waals surface area contributed by atoms with Crippen LogP contribution in [-0.2, 0) is 24.1 Å². The SMILES string of the molecule is CCCCCCC[CH2][Pr+3][CH2]CCCCCCC.[O-]P([O-])(=S)[S-]. The molecule has 0 spiro atoms. The molecule has 22 heavy (non-hydrogen) atoms. The molecule has 0 bridgehead atoms. The summed E-state index contributed by atoms with van der Waals surface area (Å²) in [7, 11) is 0. The van der Waals surface area contributed by atoms with Crippen molar-refractivity contribution in [1.29, 1.82) is 0 Å². The van der Waals surface area contributed by atoms with E-state index >= 15 is 0 Å². The van der Waals surface area contributed by atoms with E-state index in [1.807, 2.05) is 0 Å². The van der Waals surface area contributed by atoms with E-state index in [0.717, 1.165) is 0 Å². The van der Waals surface area contributed by atoms with E-state index in [1.165, 1.54) is 64.2 Å². The van der Waals surface area contributed by atoms with Crippen LogP contribution in [0.2, 0.25) is 4.01 Å². The normalized spacial score (nSPS) is 11.3. The summed E-state index contributed by atoms with van der Waals surface area (Å²) < 4.78 is 3.39. The van der Waals surface area contributed by atoms with Crippen LogP contribution in [-0.4, -0.2) is 0 Å². The van der Waals surface area contributed by atoms with E-state index in [-0.39, 0.29) is 37.1 Å². The van der Waals surface area contributed by atoms with Crippen molar-refractivity contribution < 1.29 is 46.9 Å². The van der Waals surface area contributed by atoms with Crippen molar-refractivity contribution in [3.63, 3.8) is 0 Å². The van der Waals surface area contributed by atoms with Crippen molar-refractivity contribution in [3.8, 4) is 0 Å². The van der Waals surface area contributed by atoms with E-state index in [0.29, 0.717) is 0 Å². The van der Waals surface area contributed by atoms with Gasteiger partial charge in [-0.2, -0.15) is 11.8 Å². The Morgan fingerprint density at radius 3 is 1.32 bits per heavy atom. The third kappa shape index (κ3) is 38.1. The Morgan fingerprint density at radius 1 is 0.727 bits per heavy atom. The quantitative estimate of drug-likeness (QED) is 0.191. The molecule has 0 rings (SSSR count). The van der Waals surface area contributed by atoms with Crippen LogP contribution in [0.15, 0.2) is 0 Å². The van der Waals surface area contributed by atoms with Crippen molar-refractivity contribution in [2.45, 2.75) is 94.9 Å². The van der Waals surface area contributed by atoms with Gasteiger partial charge in [-0.1, -0.05) is 0 Å². The smallest absolute Gasteiger partial charge is 0.160 e. The molecule has 0 radical (unpaired) electrons. The molecule has 0 aliphatic heterocycles. The topological polar surface area (TPSA) is 46.1 Å². The van der Waals surface area contributed by atoms with E-state index in [9.17, 15) is 9.79 Å². The van der Waals surface area contributed by atoms with Gasteiger partial charge < -0.3 is 27.7 Å². The first-order chi connectivity index (χ1) is 10.4. The molecule has 0 unspecified atom stereocenters. The summed E-state index contributed by atoms with van der Waals surface area (Å²) in [5, 5.41) is 0. The van der Waals surface area contributed by atoms with Crippen molar-refractivity contribution >= 4 is 29.7 Å². The molecule has 6 heteroatoms. The van der Waals surface area contributed by atoms with Gasteiger partial charge in [-0.25, -0.2) is 0 Å². The Labute approximate surface area is 169 Å². The van der Waals surface area contributed by atoms with Crippen molar-refractivity contribution in [2.24, 2.45) is 0 Å². The summed E-state index contributed by atoms with van der Waals surface area (Å²) in [6, 6.07) is 0. The first-order valence-corrected chi connectivity index (χ1v) is 17.9. The zero-order valence-electron chi connectivity index (χ0n) is 14.6. The average molecular weight is 494 g/mol. The molecule has 0 aliphatic carbocycles. The average Bonchev–Trinajstić information content (AvgIpc) is 2.42. The zero-order valence-corrected chi connectivity index (χ0v) is 20.8. The van der Waals surface area contributed by atoms with Gasteiger partial charge >= 0.3 is 132 Å². The molecule has 0 saturated carbocycles. The predicted molar refractivity (Wildman–Crippen MR) is 98.0 cm³/mol. The van der Waals surface area contributed by atoms with Gasteiger partial charge in [0.05, 0.1) is 0 Å². The maximum Gasteiger partial charge on any atom is -0.160 e. The molecule has 2 nitrogen and oxygen atoms in total. The van der Waals surface area contributed by atoms with Gasteiger partial charge in [0, 0.05) is 0 Å². The maximum atomic E-state index is 9.29. The molecular formula is C16H34O2PPrS2. The van der Waals surface area contributed by atoms with Crippen LogP contribution in [0.25, 0.3) is 0 Å². The second-order valence-electron chi connectivity index (χ2n) is 5.85. The fourth-order valence-corrected chi connectivity index (χ4v) is 6.91. The fourth-order valence-electron chi connectivity index (χ4n) is 2.28. The van der Waals surface area contributed by atoms with Gasteiger partial charge in [-0.05, 0) is 0 Å². The molecule has 0 aliphatic rings. The molecule has 0 heterocycles. The monoisotopic (exact) mass is 494 g/mol. The van der Waals surface area contributed by atoms with Gasteiger partial charge in [0.25, 0.3) is 0 Å². The van der Waals surface area contributed by atoms with Crippen LogP contribution in [0.1, 0.15) is 90.9 Å². The minimum Gasteiger partial charge on any atom is -0.850 e. The largest absolute Gasteiger partial charge is 0.850 e. The first kappa shape index (κ1) is 26.5. The molecule has 0 amide bonds. The third-order valence-corrected chi connectivity index (χ3v) is 8.76. The Bertz CT molecular complexity index is 228. The number of hydrogen-bond acceptors (Lipinski definition) is 4. The Balaban J connectivity index is 0. The second kappa shape index (κ2) is 21.3. The van der Waals surface area contributed by atoms with Crippen LogP contribution < -0.4 is 9.79 Å². The van der Waals surface area contributed by atoms with E-state index < -0.39 is 5.69 Å². The van der Waals surface area contributed by atoms with Crippen molar-refractivity contribution in [3.05, 3.63) is 0 Å². The molecule has 0 saturated heterocycles. The van der Waals surface area contributed by atoms with Gasteiger partial charge in [0.2, 0.25) is 0 Å². The van der Waals surface area contributed by atoms with Crippen LogP contribution in [0.4, 0.5) is 0 Å². The molecule has 0 aromatic rings. The van der Waals surface area contributed by atoms with Gasteiger partial charge in [0.15, 0.2) is 0 Å². The van der Waals surface area contributed by atoms with Crippen molar-refractivity contribution in [2.75, 3.05) is 0 Å². The van der Waals surface area contributed by atoms with Crippen LogP contribution >= 0.6 is 5.69 Å². The zero-order chi connectivity index (χ0) is 17.1. The van der Waals surface area contributed by atoms with Crippen LogP contribution in [0.5, 0.6) is 0 Å². The molecule has 0 aromatic carbocycles. The van der Waals surface area contributed by atoms with E-state index in [1.54, 1.807) is 16.9 Å². The van der Waals surface area contributed by atoms with Crippen LogP contribution in [0, 0.1) is 37.1 Å². The summed E-state index contributed by atoms with van der Waals surface area (Å²) in [4.78, 5) is 18.6. The first-order valence-electron chi connectivity index (χ1n) is 8.96. The van der Waals surface area contributed by atoms with Gasteiger partial charge in [0.1, 0.15) is 0 Å². The summed E-state index contributed by atoms with van der Waals surface area (Å²) in [5.74, 6) is 0. The van der Waals surface area contributed by atoms with E-state index in [2.05, 4.69) is 37.9 Å². The third-order valence-electron chi connectivity index (χ3n) is 3.52. The van der Waals surface area contributed by atoms with Crippen molar-refractivity contribution in [1.82, 2.24) is 0 Å². The summed E-state index contributed by atoms with van der Waals surface area (Å²) in [5.41, 5.74) is -3.72. The van der Waals surface area contributed by atoms with Gasteiger partial charge in [-0.3, -0.25) is 0 Å². The van der Waals surface area contributed by atoms with Crippen LogP contribution in [0.3, 0.4) is 0 Å². The number of rotatable bonds is 14. The van der Waals surface area contributed by atoms with Gasteiger partial charge in [-0.15, -0.1) is 0 Å². The standard InChI is InChI=1S/2C8H17.H3O2PS2.Pr/c2*1-3-5-7-8-6-4-2;1-3(2,4)5;/h2*1,3-8H2,2H3;(H3,1,2,4,5);/q;;;+3/p-3. The summed E-state index contributed by atoms with van der Waals surface area (Å²) in [6.45, 7) is 4.60. The molecular weight excluding hydrogens is 460 g/mol. The number of hydrogen-bond donors (Lipinski definition) is 0. The molecule has 0 atom stereocenters. The minimum absolute atomic E-state index is 0.245. The Hall–Kier alpha value is 2.28. The Morgan fingerprint density at radius 2 is 1.00 bits per heavy atom. The molecule has 130 valence electrons. The maximum absolute atomic E-state index is 9.29. The fraction of sp³-hybridized carbons (Fsp3) is 1.00. The summed E-state index contributed by atoms with van der Waals surface area (Å²) >= 11 is 7.04. The summed E-state index contributed by atoms with van der Waals surface area (Å²) in [6.07, 6.45) is 17.9. The number of unbranched alkanes of at least 4 members (excludes halogenated alkanes) is 10.